The Hall–Kier alpha value is -2.41. The van der Waals surface area contributed by atoms with Crippen molar-refractivity contribution in [2.24, 2.45) is 5.73 Å². The van der Waals surface area contributed by atoms with E-state index in [0.29, 0.717) is 36.3 Å². The van der Waals surface area contributed by atoms with Crippen molar-refractivity contribution < 1.29 is 18.7 Å². The highest BCUT2D eigenvalue weighted by atomic mass is 19.1. The second kappa shape index (κ2) is 4.80. The van der Waals surface area contributed by atoms with Gasteiger partial charge in [0, 0.05) is 11.7 Å². The topological polar surface area (TPSA) is 83.5 Å². The van der Waals surface area contributed by atoms with Crippen LogP contribution in [-0.4, -0.2) is 24.3 Å². The molecule has 1 aromatic heterocycles. The monoisotopic (exact) mass is 332 g/mol. The number of ether oxygens (including phenoxy) is 2. The number of methoxy groups -OCH3 is 1. The van der Waals surface area contributed by atoms with E-state index in [-0.39, 0.29) is 17.0 Å². The third-order valence-corrected chi connectivity index (χ3v) is 4.86. The van der Waals surface area contributed by atoms with Crippen LogP contribution in [0.1, 0.15) is 41.7 Å². The van der Waals surface area contributed by atoms with E-state index in [4.69, 9.17) is 10.5 Å². The lowest BCUT2D eigenvalue weighted by atomic mass is 9.98. The van der Waals surface area contributed by atoms with E-state index in [1.165, 1.54) is 13.3 Å². The summed E-state index contributed by atoms with van der Waals surface area (Å²) < 4.78 is 26.9. The summed E-state index contributed by atoms with van der Waals surface area (Å²) in [6, 6.07) is 1.04. The van der Waals surface area contributed by atoms with Gasteiger partial charge in [0.05, 0.1) is 29.6 Å². The molecule has 0 bridgehead atoms. The molecule has 1 atom stereocenters. The minimum absolute atomic E-state index is 0.102. The van der Waals surface area contributed by atoms with E-state index in [2.05, 4.69) is 4.74 Å². The zero-order chi connectivity index (χ0) is 17.2. The van der Waals surface area contributed by atoms with Crippen molar-refractivity contribution in [1.29, 1.82) is 0 Å². The Balaban J connectivity index is 2.14. The van der Waals surface area contributed by atoms with Gasteiger partial charge in [-0.3, -0.25) is 4.79 Å². The molecule has 2 aromatic rings. The molecule has 1 aromatic carbocycles. The van der Waals surface area contributed by atoms with E-state index in [1.54, 1.807) is 4.57 Å². The van der Waals surface area contributed by atoms with E-state index in [9.17, 15) is 14.0 Å². The molecule has 24 heavy (non-hydrogen) atoms. The first-order chi connectivity index (χ1) is 11.4. The number of benzene rings is 1. The Morgan fingerprint density at radius 3 is 2.83 bits per heavy atom. The number of hydrogen-bond acceptors (Lipinski definition) is 5. The number of halogens is 1. The molecular formula is C17H17FN2O4. The maximum Gasteiger partial charge on any atom is 0.343 e. The van der Waals surface area contributed by atoms with Gasteiger partial charge in [0.25, 0.3) is 0 Å². The van der Waals surface area contributed by atoms with Crippen LogP contribution in [0.4, 0.5) is 4.39 Å². The summed E-state index contributed by atoms with van der Waals surface area (Å²) in [6.07, 6.45) is 2.81. The van der Waals surface area contributed by atoms with Gasteiger partial charge in [0.2, 0.25) is 5.43 Å². The van der Waals surface area contributed by atoms with Gasteiger partial charge in [-0.25, -0.2) is 9.18 Å². The molecule has 0 saturated heterocycles. The molecule has 2 aliphatic rings. The van der Waals surface area contributed by atoms with Gasteiger partial charge in [-0.1, -0.05) is 0 Å². The predicted octanol–water partition coefficient (Wildman–Crippen LogP) is 1.83. The average molecular weight is 332 g/mol. The van der Waals surface area contributed by atoms with Gasteiger partial charge in [-0.05, 0) is 25.8 Å². The molecule has 0 radical (unpaired) electrons. The third kappa shape index (κ3) is 1.91. The van der Waals surface area contributed by atoms with Crippen LogP contribution in [0.25, 0.3) is 10.9 Å². The molecule has 1 aliphatic carbocycles. The maximum atomic E-state index is 14.7. The first-order valence-electron chi connectivity index (χ1n) is 7.79. The zero-order valence-electron chi connectivity index (χ0n) is 13.4. The Kier molecular flexibility index (Phi) is 3.02. The Morgan fingerprint density at radius 2 is 2.21 bits per heavy atom. The van der Waals surface area contributed by atoms with Crippen molar-refractivity contribution >= 4 is 16.9 Å². The van der Waals surface area contributed by atoms with Gasteiger partial charge >= 0.3 is 5.97 Å². The first kappa shape index (κ1) is 15.1. The molecule has 1 fully saturated rings. The largest absolute Gasteiger partial charge is 0.489 e. The van der Waals surface area contributed by atoms with Crippen molar-refractivity contribution in [3.63, 3.8) is 0 Å². The fourth-order valence-electron chi connectivity index (χ4n) is 3.33. The van der Waals surface area contributed by atoms with Crippen LogP contribution in [0.3, 0.4) is 0 Å². The van der Waals surface area contributed by atoms with Crippen molar-refractivity contribution in [1.82, 2.24) is 4.57 Å². The number of carbonyl (C=O) groups is 1. The van der Waals surface area contributed by atoms with E-state index >= 15 is 0 Å². The summed E-state index contributed by atoms with van der Waals surface area (Å²) in [5.74, 6) is -0.998. The van der Waals surface area contributed by atoms with Crippen molar-refractivity contribution in [3.8, 4) is 5.75 Å². The van der Waals surface area contributed by atoms with Crippen LogP contribution in [0, 0.1) is 5.82 Å². The number of nitrogens with two attached hydrogens (primary N) is 1. The fraction of sp³-hybridized carbons (Fsp3) is 0.412. The summed E-state index contributed by atoms with van der Waals surface area (Å²) in [6.45, 7) is 2.20. The molecule has 4 rings (SSSR count). The van der Waals surface area contributed by atoms with Crippen molar-refractivity contribution in [2.75, 3.05) is 13.7 Å². The molecule has 2 N–H and O–H groups in total. The molecular weight excluding hydrogens is 315 g/mol. The van der Waals surface area contributed by atoms with Crippen LogP contribution in [0.2, 0.25) is 0 Å². The Bertz CT molecular complexity index is 946. The van der Waals surface area contributed by atoms with Gasteiger partial charge in [0.15, 0.2) is 5.75 Å². The quantitative estimate of drug-likeness (QED) is 0.848. The zero-order valence-corrected chi connectivity index (χ0v) is 13.4. The molecule has 6 nitrogen and oxygen atoms in total. The standard InChI is InChI=1S/C17H17FN2O4/c1-8-7-24-15-12(17(19)3-4-17)11(18)5-9-13(15)20(8)6-10(14(9)21)16(22)23-2/h5-6,8H,3-4,7,19H2,1-2H3/t8-/m0/s1. The summed E-state index contributed by atoms with van der Waals surface area (Å²) >= 11 is 0. The number of pyridine rings is 1. The predicted molar refractivity (Wildman–Crippen MR) is 84.8 cm³/mol. The molecule has 0 unspecified atom stereocenters. The highest BCUT2D eigenvalue weighted by Crippen LogP contribution is 2.50. The number of carbonyl (C=O) groups excluding carboxylic acids is 1. The van der Waals surface area contributed by atoms with Gasteiger partial charge < -0.3 is 19.8 Å². The molecule has 126 valence electrons. The number of esters is 1. The van der Waals surface area contributed by atoms with Crippen LogP contribution >= 0.6 is 0 Å². The van der Waals surface area contributed by atoms with Gasteiger partial charge in [-0.2, -0.15) is 0 Å². The van der Waals surface area contributed by atoms with E-state index < -0.39 is 22.8 Å². The summed E-state index contributed by atoms with van der Waals surface area (Å²) in [5.41, 5.74) is 5.58. The van der Waals surface area contributed by atoms with Crippen LogP contribution in [0.5, 0.6) is 5.75 Å². The number of nitrogens with zero attached hydrogens (tertiary/aromatic N) is 1. The minimum Gasteiger partial charge on any atom is -0.489 e. The SMILES string of the molecule is COC(=O)c1cn2c3c(c(C4(N)CC4)c(F)cc3c1=O)OC[C@@H]2C. The molecule has 2 heterocycles. The summed E-state index contributed by atoms with van der Waals surface area (Å²) in [4.78, 5) is 24.5. The van der Waals surface area contributed by atoms with Crippen molar-refractivity contribution in [3.05, 3.63) is 39.4 Å². The Labute approximate surface area is 137 Å². The second-order valence-corrected chi connectivity index (χ2v) is 6.55. The maximum absolute atomic E-state index is 14.7. The molecule has 1 aliphatic heterocycles. The Morgan fingerprint density at radius 1 is 1.50 bits per heavy atom. The van der Waals surface area contributed by atoms with Crippen LogP contribution in [0.15, 0.2) is 17.1 Å². The van der Waals surface area contributed by atoms with Crippen LogP contribution < -0.4 is 15.9 Å². The van der Waals surface area contributed by atoms with Gasteiger partial charge in [-0.15, -0.1) is 0 Å². The summed E-state index contributed by atoms with van der Waals surface area (Å²) in [5, 5.41) is 0.102. The van der Waals surface area contributed by atoms with Gasteiger partial charge in [0.1, 0.15) is 18.0 Å². The minimum atomic E-state index is -0.743. The number of aromatic nitrogens is 1. The first-order valence-corrected chi connectivity index (χ1v) is 7.79. The van der Waals surface area contributed by atoms with E-state index in [0.717, 1.165) is 6.07 Å². The lowest BCUT2D eigenvalue weighted by Gasteiger charge is -2.30. The summed E-state index contributed by atoms with van der Waals surface area (Å²) in [7, 11) is 1.20. The average Bonchev–Trinajstić information content (AvgIpc) is 3.29. The van der Waals surface area contributed by atoms with Crippen molar-refractivity contribution in [2.45, 2.75) is 31.3 Å². The molecule has 0 spiro atoms. The molecule has 1 saturated carbocycles. The third-order valence-electron chi connectivity index (χ3n) is 4.86. The lowest BCUT2D eigenvalue weighted by molar-refractivity contribution is 0.0598. The van der Waals surface area contributed by atoms with Crippen LogP contribution in [-0.2, 0) is 10.3 Å². The number of rotatable bonds is 2. The number of hydrogen-bond donors (Lipinski definition) is 1. The second-order valence-electron chi connectivity index (χ2n) is 6.55. The molecule has 0 amide bonds. The lowest BCUT2D eigenvalue weighted by Crippen LogP contribution is -2.30. The van der Waals surface area contributed by atoms with E-state index in [1.807, 2.05) is 6.92 Å². The smallest absolute Gasteiger partial charge is 0.343 e. The molecule has 7 heteroatoms. The fourth-order valence-corrected chi connectivity index (χ4v) is 3.33. The normalized spacial score (nSPS) is 20.6. The highest BCUT2D eigenvalue weighted by Gasteiger charge is 2.46. The highest BCUT2D eigenvalue weighted by molar-refractivity contribution is 5.96.